The number of amides is 1. The first-order chi connectivity index (χ1) is 12.1. The molecule has 1 saturated heterocycles. The molecule has 2 aromatic heterocycles. The van der Waals surface area contributed by atoms with Crippen molar-refractivity contribution in [3.8, 4) is 0 Å². The van der Waals surface area contributed by atoms with Gasteiger partial charge in [0, 0.05) is 25.3 Å². The summed E-state index contributed by atoms with van der Waals surface area (Å²) in [6.45, 7) is 4.02. The Kier molecular flexibility index (Phi) is 3.83. The second kappa shape index (κ2) is 6.16. The van der Waals surface area contributed by atoms with Crippen molar-refractivity contribution in [2.75, 3.05) is 24.5 Å². The number of rotatable bonds is 3. The van der Waals surface area contributed by atoms with Crippen molar-refractivity contribution in [1.82, 2.24) is 19.9 Å². The fraction of sp³-hybridized carbons (Fsp3) is 0.278. The standard InChI is InChI=1S/C18H18FN5O/c1-12-8-15-17(22-12)18(21-11-20-15)24-7-6-23(16(25)10-24)9-13-2-4-14(19)5-3-13/h2-5,8,11,22H,6-7,9-10H2,1H3. The van der Waals surface area contributed by atoms with Crippen LogP contribution in [0.5, 0.6) is 0 Å². The van der Waals surface area contributed by atoms with Crippen LogP contribution in [0.3, 0.4) is 0 Å². The maximum atomic E-state index is 13.0. The van der Waals surface area contributed by atoms with E-state index in [0.29, 0.717) is 19.6 Å². The zero-order valence-electron chi connectivity index (χ0n) is 13.9. The summed E-state index contributed by atoms with van der Waals surface area (Å²) >= 11 is 0. The third kappa shape index (κ3) is 3.05. The lowest BCUT2D eigenvalue weighted by Crippen LogP contribution is -2.50. The molecule has 3 aromatic rings. The van der Waals surface area contributed by atoms with E-state index >= 15 is 0 Å². The number of aromatic amines is 1. The van der Waals surface area contributed by atoms with Gasteiger partial charge in [-0.05, 0) is 30.7 Å². The molecule has 1 aliphatic rings. The van der Waals surface area contributed by atoms with Gasteiger partial charge in [0.1, 0.15) is 17.7 Å². The number of H-pyrrole nitrogens is 1. The molecule has 128 valence electrons. The van der Waals surface area contributed by atoms with Crippen molar-refractivity contribution in [2.45, 2.75) is 13.5 Å². The van der Waals surface area contributed by atoms with Crippen LogP contribution in [0.1, 0.15) is 11.3 Å². The summed E-state index contributed by atoms with van der Waals surface area (Å²) in [6, 6.07) is 8.23. The van der Waals surface area contributed by atoms with Crippen LogP contribution in [0.15, 0.2) is 36.7 Å². The number of hydrogen-bond acceptors (Lipinski definition) is 4. The van der Waals surface area contributed by atoms with Crippen LogP contribution in [0, 0.1) is 12.7 Å². The van der Waals surface area contributed by atoms with E-state index in [-0.39, 0.29) is 18.3 Å². The summed E-state index contributed by atoms with van der Waals surface area (Å²) in [4.78, 5) is 28.2. The number of nitrogens with one attached hydrogen (secondary N) is 1. The first-order valence-electron chi connectivity index (χ1n) is 8.17. The lowest BCUT2D eigenvalue weighted by molar-refractivity contribution is -0.131. The maximum Gasteiger partial charge on any atom is 0.242 e. The summed E-state index contributed by atoms with van der Waals surface area (Å²) < 4.78 is 13.0. The molecule has 1 aromatic carbocycles. The van der Waals surface area contributed by atoms with Gasteiger partial charge >= 0.3 is 0 Å². The van der Waals surface area contributed by atoms with E-state index in [2.05, 4.69) is 15.0 Å². The number of piperazine rings is 1. The highest BCUT2D eigenvalue weighted by Gasteiger charge is 2.26. The second-order valence-corrected chi connectivity index (χ2v) is 6.27. The average molecular weight is 339 g/mol. The van der Waals surface area contributed by atoms with Crippen molar-refractivity contribution in [3.05, 3.63) is 53.7 Å². The molecule has 1 aliphatic heterocycles. The Labute approximate surface area is 144 Å². The summed E-state index contributed by atoms with van der Waals surface area (Å²) in [7, 11) is 0. The number of aromatic nitrogens is 3. The normalized spacial score (nSPS) is 15.2. The molecule has 3 heterocycles. The molecule has 0 bridgehead atoms. The summed E-state index contributed by atoms with van der Waals surface area (Å²) in [5, 5.41) is 0. The van der Waals surface area contributed by atoms with Crippen LogP contribution in [-0.4, -0.2) is 45.4 Å². The quantitative estimate of drug-likeness (QED) is 0.795. The van der Waals surface area contributed by atoms with Gasteiger partial charge in [-0.15, -0.1) is 0 Å². The molecule has 1 N–H and O–H groups in total. The van der Waals surface area contributed by atoms with Crippen molar-refractivity contribution in [1.29, 1.82) is 0 Å². The highest BCUT2D eigenvalue weighted by Crippen LogP contribution is 2.24. The molecule has 1 fully saturated rings. The first kappa shape index (κ1) is 15.6. The van der Waals surface area contributed by atoms with Crippen molar-refractivity contribution >= 4 is 22.8 Å². The Hall–Kier alpha value is -2.96. The van der Waals surface area contributed by atoms with Crippen molar-refractivity contribution < 1.29 is 9.18 Å². The third-order valence-electron chi connectivity index (χ3n) is 4.44. The summed E-state index contributed by atoms with van der Waals surface area (Å²) in [6.07, 6.45) is 1.53. The van der Waals surface area contributed by atoms with Gasteiger partial charge in [-0.2, -0.15) is 0 Å². The molecule has 0 aliphatic carbocycles. The monoisotopic (exact) mass is 339 g/mol. The molecule has 0 atom stereocenters. The SMILES string of the molecule is Cc1cc2ncnc(N3CCN(Cc4ccc(F)cc4)C(=O)C3)c2[nH]1. The maximum absolute atomic E-state index is 13.0. The number of aryl methyl sites for hydroxylation is 1. The van der Waals surface area contributed by atoms with Crippen LogP contribution < -0.4 is 4.90 Å². The number of carbonyl (C=O) groups excluding carboxylic acids is 1. The van der Waals surface area contributed by atoms with Gasteiger partial charge in [-0.1, -0.05) is 12.1 Å². The molecular weight excluding hydrogens is 321 g/mol. The van der Waals surface area contributed by atoms with Crippen LogP contribution >= 0.6 is 0 Å². The van der Waals surface area contributed by atoms with Gasteiger partial charge < -0.3 is 14.8 Å². The highest BCUT2D eigenvalue weighted by molar-refractivity contribution is 5.90. The highest BCUT2D eigenvalue weighted by atomic mass is 19.1. The Morgan fingerprint density at radius 2 is 2.00 bits per heavy atom. The topological polar surface area (TPSA) is 65.1 Å². The molecule has 0 unspecified atom stereocenters. The average Bonchev–Trinajstić information content (AvgIpc) is 2.98. The van der Waals surface area contributed by atoms with E-state index in [9.17, 15) is 9.18 Å². The smallest absolute Gasteiger partial charge is 0.242 e. The van der Waals surface area contributed by atoms with E-state index < -0.39 is 0 Å². The minimum absolute atomic E-state index is 0.0330. The zero-order valence-corrected chi connectivity index (χ0v) is 13.9. The molecule has 7 heteroatoms. The second-order valence-electron chi connectivity index (χ2n) is 6.27. The van der Waals surface area contributed by atoms with E-state index in [1.807, 2.05) is 17.9 Å². The molecule has 25 heavy (non-hydrogen) atoms. The van der Waals surface area contributed by atoms with Crippen LogP contribution in [0.4, 0.5) is 10.2 Å². The number of carbonyl (C=O) groups is 1. The molecule has 0 saturated carbocycles. The van der Waals surface area contributed by atoms with E-state index in [4.69, 9.17) is 0 Å². The summed E-state index contributed by atoms with van der Waals surface area (Å²) in [5.41, 5.74) is 3.65. The number of benzene rings is 1. The number of anilines is 1. The fourth-order valence-electron chi connectivity index (χ4n) is 3.16. The number of nitrogens with zero attached hydrogens (tertiary/aromatic N) is 4. The Morgan fingerprint density at radius 3 is 2.76 bits per heavy atom. The molecular formula is C18H18FN5O. The molecule has 0 radical (unpaired) electrons. The number of hydrogen-bond donors (Lipinski definition) is 1. The zero-order chi connectivity index (χ0) is 17.4. The van der Waals surface area contributed by atoms with Gasteiger partial charge in [0.05, 0.1) is 12.1 Å². The van der Waals surface area contributed by atoms with Crippen molar-refractivity contribution in [2.24, 2.45) is 0 Å². The van der Waals surface area contributed by atoms with Crippen LogP contribution in [-0.2, 0) is 11.3 Å². The van der Waals surface area contributed by atoms with Crippen LogP contribution in [0.2, 0.25) is 0 Å². The van der Waals surface area contributed by atoms with Gasteiger partial charge in [0.15, 0.2) is 5.82 Å². The molecule has 6 nitrogen and oxygen atoms in total. The molecule has 1 amide bonds. The molecule has 0 spiro atoms. The lowest BCUT2D eigenvalue weighted by Gasteiger charge is -2.35. The third-order valence-corrected chi connectivity index (χ3v) is 4.44. The number of halogens is 1. The van der Waals surface area contributed by atoms with Gasteiger partial charge in [0.25, 0.3) is 0 Å². The predicted octanol–water partition coefficient (Wildman–Crippen LogP) is 2.25. The summed E-state index contributed by atoms with van der Waals surface area (Å²) in [5.74, 6) is 0.521. The fourth-order valence-corrected chi connectivity index (χ4v) is 3.16. The largest absolute Gasteiger partial charge is 0.354 e. The first-order valence-corrected chi connectivity index (χ1v) is 8.17. The minimum Gasteiger partial charge on any atom is -0.354 e. The Bertz CT molecular complexity index is 921. The Morgan fingerprint density at radius 1 is 1.20 bits per heavy atom. The van der Waals surface area contributed by atoms with E-state index in [0.717, 1.165) is 28.1 Å². The lowest BCUT2D eigenvalue weighted by atomic mass is 10.2. The predicted molar refractivity (Wildman–Crippen MR) is 92.7 cm³/mol. The van der Waals surface area contributed by atoms with Gasteiger partial charge in [-0.3, -0.25) is 4.79 Å². The van der Waals surface area contributed by atoms with E-state index in [1.165, 1.54) is 18.5 Å². The van der Waals surface area contributed by atoms with E-state index in [1.54, 1.807) is 17.0 Å². The van der Waals surface area contributed by atoms with Gasteiger partial charge in [-0.25, -0.2) is 14.4 Å². The number of fused-ring (bicyclic) bond motifs is 1. The molecule has 4 rings (SSSR count). The minimum atomic E-state index is -0.270. The van der Waals surface area contributed by atoms with Gasteiger partial charge in [0.2, 0.25) is 5.91 Å². The van der Waals surface area contributed by atoms with Crippen molar-refractivity contribution in [3.63, 3.8) is 0 Å². The van der Waals surface area contributed by atoms with Crippen LogP contribution in [0.25, 0.3) is 11.0 Å². The Balaban J connectivity index is 1.51.